The first kappa shape index (κ1) is 35.9. The van der Waals surface area contributed by atoms with Crippen molar-refractivity contribution in [1.82, 2.24) is 4.90 Å². The van der Waals surface area contributed by atoms with E-state index in [1.165, 1.54) is 12.8 Å². The van der Waals surface area contributed by atoms with Crippen LogP contribution in [0.15, 0.2) is 84.9 Å². The highest BCUT2D eigenvalue weighted by atomic mass is 19.1. The molecule has 1 aliphatic heterocycles. The van der Waals surface area contributed by atoms with E-state index in [9.17, 15) is 9.59 Å². The van der Waals surface area contributed by atoms with Crippen molar-refractivity contribution in [3.05, 3.63) is 107 Å². The lowest BCUT2D eigenvalue weighted by atomic mass is 9.72. The van der Waals surface area contributed by atoms with Gasteiger partial charge in [0.05, 0.1) is 18.1 Å². The van der Waals surface area contributed by atoms with Gasteiger partial charge in [0, 0.05) is 36.3 Å². The fourth-order valence-electron chi connectivity index (χ4n) is 8.32. The van der Waals surface area contributed by atoms with E-state index in [2.05, 4.69) is 51.1 Å². The molecule has 2 saturated carbocycles. The number of ether oxygens (including phenoxy) is 2. The van der Waals surface area contributed by atoms with Crippen LogP contribution in [0.4, 0.5) is 4.39 Å². The number of hydrogen-bond acceptors (Lipinski definition) is 5. The highest BCUT2D eigenvalue weighted by molar-refractivity contribution is 5.83. The number of halogens is 1. The minimum absolute atomic E-state index is 0.0869. The second-order valence-corrected chi connectivity index (χ2v) is 16.3. The van der Waals surface area contributed by atoms with Crippen LogP contribution in [0.5, 0.6) is 11.5 Å². The van der Waals surface area contributed by atoms with Crippen molar-refractivity contribution in [2.45, 2.75) is 84.5 Å². The lowest BCUT2D eigenvalue weighted by Gasteiger charge is -2.37. The van der Waals surface area contributed by atoms with Crippen LogP contribution in [0.25, 0.3) is 22.3 Å². The molecule has 0 radical (unpaired) electrons. The smallest absolute Gasteiger partial charge is 0.309 e. The molecule has 0 aromatic heterocycles. The minimum atomic E-state index is -0.797. The van der Waals surface area contributed by atoms with Crippen molar-refractivity contribution in [2.24, 2.45) is 23.2 Å². The second-order valence-electron chi connectivity index (χ2n) is 16.3. The van der Waals surface area contributed by atoms with Crippen LogP contribution in [-0.2, 0) is 17.8 Å². The molecule has 6 nitrogen and oxygen atoms in total. The molecule has 0 amide bonds. The zero-order valence-corrected chi connectivity index (χ0v) is 30.5. The van der Waals surface area contributed by atoms with Crippen LogP contribution in [0.3, 0.4) is 0 Å². The largest absolute Gasteiger partial charge is 0.490 e. The Hall–Kier alpha value is -4.49. The van der Waals surface area contributed by atoms with Gasteiger partial charge in [-0.25, -0.2) is 4.39 Å². The number of aliphatic carboxylic acids is 1. The van der Waals surface area contributed by atoms with Crippen molar-refractivity contribution in [1.29, 1.82) is 0 Å². The normalized spacial score (nSPS) is 22.2. The van der Waals surface area contributed by atoms with Gasteiger partial charge in [0.25, 0.3) is 0 Å². The lowest BCUT2D eigenvalue weighted by molar-refractivity contribution is -0.147. The SMILES string of the molecule is CC(C)(C)C1CCC(Oc2ccc(-c3cccc(C=O)c3CC3CC(Oc4ccc(-c5cccc(CN6CC(C(=O)O)C6)c5F)cc4)C3)cc2)CC1. The van der Waals surface area contributed by atoms with Gasteiger partial charge in [-0.2, -0.15) is 0 Å². The van der Waals surface area contributed by atoms with Crippen molar-refractivity contribution in [3.8, 4) is 33.8 Å². The van der Waals surface area contributed by atoms with Crippen LogP contribution in [0, 0.1) is 29.0 Å². The molecule has 52 heavy (non-hydrogen) atoms. The summed E-state index contributed by atoms with van der Waals surface area (Å²) in [6, 6.07) is 27.3. The monoisotopic (exact) mass is 703 g/mol. The number of hydrogen-bond donors (Lipinski definition) is 1. The number of carbonyl (C=O) groups excluding carboxylic acids is 1. The molecular formula is C45H50FNO5. The number of carboxylic acid groups (broad SMARTS) is 1. The maximum atomic E-state index is 15.5. The third kappa shape index (κ3) is 8.10. The fourth-order valence-corrected chi connectivity index (χ4v) is 8.32. The van der Waals surface area contributed by atoms with Crippen molar-refractivity contribution < 1.29 is 28.6 Å². The van der Waals surface area contributed by atoms with E-state index in [4.69, 9.17) is 14.6 Å². The van der Waals surface area contributed by atoms with Crippen LogP contribution >= 0.6 is 0 Å². The summed E-state index contributed by atoms with van der Waals surface area (Å²) >= 11 is 0. The molecule has 1 saturated heterocycles. The van der Waals surface area contributed by atoms with E-state index in [1.807, 2.05) is 47.4 Å². The number of aldehydes is 1. The summed E-state index contributed by atoms with van der Waals surface area (Å²) < 4.78 is 28.2. The average molecular weight is 704 g/mol. The van der Waals surface area contributed by atoms with Crippen molar-refractivity contribution >= 4 is 12.3 Å². The van der Waals surface area contributed by atoms with E-state index in [0.717, 1.165) is 83.6 Å². The summed E-state index contributed by atoms with van der Waals surface area (Å²) in [5.41, 5.74) is 6.21. The predicted octanol–water partition coefficient (Wildman–Crippen LogP) is 9.87. The Balaban J connectivity index is 0.930. The van der Waals surface area contributed by atoms with E-state index in [1.54, 1.807) is 12.1 Å². The van der Waals surface area contributed by atoms with Gasteiger partial charge >= 0.3 is 5.97 Å². The van der Waals surface area contributed by atoms with E-state index in [0.29, 0.717) is 42.1 Å². The quantitative estimate of drug-likeness (QED) is 0.148. The Morgan fingerprint density at radius 2 is 1.38 bits per heavy atom. The summed E-state index contributed by atoms with van der Waals surface area (Å²) in [6.07, 6.45) is 8.54. The molecule has 272 valence electrons. The minimum Gasteiger partial charge on any atom is -0.490 e. The molecule has 2 aliphatic carbocycles. The van der Waals surface area contributed by atoms with Crippen molar-refractivity contribution in [2.75, 3.05) is 13.1 Å². The maximum absolute atomic E-state index is 15.5. The van der Waals surface area contributed by atoms with Gasteiger partial charge in [-0.3, -0.25) is 14.5 Å². The van der Waals surface area contributed by atoms with Gasteiger partial charge in [-0.05, 0) is 109 Å². The summed E-state index contributed by atoms with van der Waals surface area (Å²) in [5, 5.41) is 9.14. The molecule has 4 aromatic carbocycles. The van der Waals surface area contributed by atoms with Gasteiger partial charge in [0.15, 0.2) is 0 Å². The Kier molecular flexibility index (Phi) is 10.5. The molecule has 3 fully saturated rings. The third-order valence-corrected chi connectivity index (χ3v) is 11.6. The highest BCUT2D eigenvalue weighted by Crippen LogP contribution is 2.40. The molecule has 4 aromatic rings. The van der Waals surface area contributed by atoms with E-state index < -0.39 is 5.97 Å². The van der Waals surface area contributed by atoms with Crippen LogP contribution in [0.1, 0.15) is 80.8 Å². The Morgan fingerprint density at radius 1 is 0.808 bits per heavy atom. The summed E-state index contributed by atoms with van der Waals surface area (Å²) in [4.78, 5) is 25.2. The number of nitrogens with zero attached hydrogens (tertiary/aromatic N) is 1. The third-order valence-electron chi connectivity index (χ3n) is 11.6. The molecule has 0 spiro atoms. The van der Waals surface area contributed by atoms with Gasteiger partial charge in [-0.1, -0.05) is 81.4 Å². The second kappa shape index (κ2) is 15.2. The standard InChI is InChI=1S/C45H50FNO5/c1-45(2,3)35-14-20-38(21-15-35)51-36-16-10-30(11-17-36)40-8-5-7-33(28-48)42(40)24-29-22-39(23-29)52-37-18-12-31(13-19-37)41-9-4-6-32(43(41)46)25-47-26-34(27-47)44(49)50/h4-13,16-19,28-29,34-35,38-39H,14-15,20-27H2,1-3H3,(H,49,50). The molecule has 0 bridgehead atoms. The summed E-state index contributed by atoms with van der Waals surface area (Å²) in [5.74, 6) is 1.38. The van der Waals surface area contributed by atoms with Gasteiger partial charge in [0.2, 0.25) is 0 Å². The van der Waals surface area contributed by atoms with Crippen LogP contribution in [-0.4, -0.2) is 47.6 Å². The highest BCUT2D eigenvalue weighted by Gasteiger charge is 2.34. The molecular weight excluding hydrogens is 653 g/mol. The van der Waals surface area contributed by atoms with Crippen LogP contribution < -0.4 is 9.47 Å². The first-order chi connectivity index (χ1) is 25.0. The molecule has 7 rings (SSSR count). The summed E-state index contributed by atoms with van der Waals surface area (Å²) in [7, 11) is 0. The molecule has 3 aliphatic rings. The van der Waals surface area contributed by atoms with Gasteiger partial charge < -0.3 is 14.6 Å². The number of likely N-dealkylation sites (tertiary alicyclic amines) is 1. The number of benzene rings is 4. The molecule has 0 atom stereocenters. The molecule has 1 N–H and O–H groups in total. The fraction of sp³-hybridized carbons (Fsp3) is 0.422. The number of rotatable bonds is 12. The number of carbonyl (C=O) groups is 2. The molecule has 0 unspecified atom stereocenters. The van der Waals surface area contributed by atoms with Gasteiger partial charge in [-0.15, -0.1) is 0 Å². The zero-order valence-electron chi connectivity index (χ0n) is 30.5. The molecule has 1 heterocycles. The van der Waals surface area contributed by atoms with E-state index >= 15 is 4.39 Å². The van der Waals surface area contributed by atoms with E-state index in [-0.39, 0.29) is 23.9 Å². The number of carboxylic acids is 1. The Morgan fingerprint density at radius 3 is 1.98 bits per heavy atom. The first-order valence-electron chi connectivity index (χ1n) is 18.9. The summed E-state index contributed by atoms with van der Waals surface area (Å²) in [6.45, 7) is 8.31. The first-order valence-corrected chi connectivity index (χ1v) is 18.9. The lowest BCUT2D eigenvalue weighted by Crippen LogP contribution is -2.49. The van der Waals surface area contributed by atoms with Crippen molar-refractivity contribution in [3.63, 3.8) is 0 Å². The topological polar surface area (TPSA) is 76.1 Å². The molecule has 7 heteroatoms. The Labute approximate surface area is 307 Å². The maximum Gasteiger partial charge on any atom is 0.309 e. The average Bonchev–Trinajstić information content (AvgIpc) is 3.10. The predicted molar refractivity (Wildman–Crippen MR) is 202 cm³/mol. The van der Waals surface area contributed by atoms with Gasteiger partial charge in [0.1, 0.15) is 23.6 Å². The Bertz CT molecular complexity index is 1860. The van der Waals surface area contributed by atoms with Crippen LogP contribution in [0.2, 0.25) is 0 Å². The zero-order chi connectivity index (χ0) is 36.4.